The topological polar surface area (TPSA) is 73.6 Å². The van der Waals surface area contributed by atoms with Crippen LogP contribution in [0.25, 0.3) is 0 Å². The minimum Gasteiger partial charge on any atom is -0.491 e. The Labute approximate surface area is 113 Å². The first-order valence-electron chi connectivity index (χ1n) is 6.55. The Morgan fingerprint density at radius 3 is 3.00 bits per heavy atom. The molecule has 1 aromatic rings. The predicted molar refractivity (Wildman–Crippen MR) is 73.2 cm³/mol. The number of carbonyl (C=O) groups is 1. The Morgan fingerprint density at radius 1 is 1.53 bits per heavy atom. The third kappa shape index (κ3) is 3.24. The minimum atomic E-state index is -0.933. The Balaban J connectivity index is 2.07. The van der Waals surface area contributed by atoms with E-state index in [9.17, 15) is 4.79 Å². The zero-order valence-electron chi connectivity index (χ0n) is 11.1. The van der Waals surface area contributed by atoms with Crippen molar-refractivity contribution in [3.63, 3.8) is 0 Å². The molecule has 1 heterocycles. The molecule has 1 aliphatic heterocycles. The number of ether oxygens (including phenoxy) is 2. The van der Waals surface area contributed by atoms with Crippen LogP contribution in [0.1, 0.15) is 19.8 Å². The third-order valence-electron chi connectivity index (χ3n) is 3.10. The van der Waals surface area contributed by atoms with Crippen LogP contribution < -0.4 is 15.8 Å². The summed E-state index contributed by atoms with van der Waals surface area (Å²) in [5.74, 6) is 0.442. The van der Waals surface area contributed by atoms with Crippen LogP contribution in [0.2, 0.25) is 0 Å². The molecule has 0 bridgehead atoms. The molecule has 0 radical (unpaired) electrons. The van der Waals surface area contributed by atoms with Gasteiger partial charge in [0.15, 0.2) is 0 Å². The summed E-state index contributed by atoms with van der Waals surface area (Å²) in [5.41, 5.74) is 5.74. The van der Waals surface area contributed by atoms with E-state index in [1.165, 1.54) is 0 Å². The molecule has 0 aliphatic carbocycles. The van der Waals surface area contributed by atoms with E-state index in [1.807, 2.05) is 31.2 Å². The molecule has 0 aromatic heterocycles. The number of nitrogens with two attached hydrogens (primary N) is 1. The molecule has 3 N–H and O–H groups in total. The van der Waals surface area contributed by atoms with E-state index in [2.05, 4.69) is 5.32 Å². The van der Waals surface area contributed by atoms with E-state index in [-0.39, 0.29) is 12.5 Å². The van der Waals surface area contributed by atoms with E-state index in [4.69, 9.17) is 15.2 Å². The number of anilines is 1. The molecule has 1 atom stereocenters. The molecule has 5 nitrogen and oxygen atoms in total. The molecule has 1 aromatic carbocycles. The number of carbonyl (C=O) groups excluding carboxylic acids is 1. The zero-order valence-corrected chi connectivity index (χ0v) is 11.1. The van der Waals surface area contributed by atoms with E-state index in [0.29, 0.717) is 31.1 Å². The number of benzene rings is 1. The van der Waals surface area contributed by atoms with Crippen molar-refractivity contribution >= 4 is 11.6 Å². The van der Waals surface area contributed by atoms with Crippen molar-refractivity contribution < 1.29 is 14.3 Å². The second kappa shape index (κ2) is 6.04. The number of hydrogen-bond acceptors (Lipinski definition) is 4. The van der Waals surface area contributed by atoms with Gasteiger partial charge in [0.05, 0.1) is 18.9 Å². The van der Waals surface area contributed by atoms with Gasteiger partial charge in [-0.1, -0.05) is 19.1 Å². The van der Waals surface area contributed by atoms with Crippen LogP contribution in [0, 0.1) is 0 Å². The molecule has 0 saturated carbocycles. The monoisotopic (exact) mass is 264 g/mol. The fourth-order valence-electron chi connectivity index (χ4n) is 1.91. The average molecular weight is 264 g/mol. The number of amides is 1. The SMILES string of the molecule is CCCOc1ccccc1NC(=O)C1(N)CCOC1. The molecule has 2 rings (SSSR count). The van der Waals surface area contributed by atoms with Crippen molar-refractivity contribution in [2.45, 2.75) is 25.3 Å². The zero-order chi connectivity index (χ0) is 13.7. The van der Waals surface area contributed by atoms with Crippen LogP contribution in [-0.4, -0.2) is 31.3 Å². The van der Waals surface area contributed by atoms with Crippen LogP contribution in [0.3, 0.4) is 0 Å². The standard InChI is InChI=1S/C14H20N2O3/c1-2-8-19-12-6-4-3-5-11(12)16-13(17)14(15)7-9-18-10-14/h3-6H,2,7-10,15H2,1H3,(H,16,17). The molecule has 19 heavy (non-hydrogen) atoms. The Hall–Kier alpha value is -1.59. The highest BCUT2D eigenvalue weighted by atomic mass is 16.5. The third-order valence-corrected chi connectivity index (χ3v) is 3.10. The second-order valence-electron chi connectivity index (χ2n) is 4.76. The average Bonchev–Trinajstić information content (AvgIpc) is 2.86. The van der Waals surface area contributed by atoms with Crippen molar-refractivity contribution in [3.05, 3.63) is 24.3 Å². The maximum Gasteiger partial charge on any atom is 0.247 e. The van der Waals surface area contributed by atoms with Crippen molar-refractivity contribution in [2.24, 2.45) is 5.73 Å². The van der Waals surface area contributed by atoms with Crippen LogP contribution in [0.4, 0.5) is 5.69 Å². The summed E-state index contributed by atoms with van der Waals surface area (Å²) in [6, 6.07) is 7.36. The van der Waals surface area contributed by atoms with Gasteiger partial charge in [-0.25, -0.2) is 0 Å². The number of rotatable bonds is 5. The lowest BCUT2D eigenvalue weighted by Gasteiger charge is -2.21. The molecule has 5 heteroatoms. The summed E-state index contributed by atoms with van der Waals surface area (Å²) in [6.07, 6.45) is 1.45. The highest BCUT2D eigenvalue weighted by Gasteiger charge is 2.38. The summed E-state index contributed by atoms with van der Waals surface area (Å²) < 4.78 is 10.8. The van der Waals surface area contributed by atoms with Gasteiger partial charge >= 0.3 is 0 Å². The fourth-order valence-corrected chi connectivity index (χ4v) is 1.91. The Morgan fingerprint density at radius 2 is 2.32 bits per heavy atom. The van der Waals surface area contributed by atoms with E-state index >= 15 is 0 Å². The van der Waals surface area contributed by atoms with Gasteiger partial charge < -0.3 is 20.5 Å². The van der Waals surface area contributed by atoms with E-state index in [1.54, 1.807) is 0 Å². The summed E-state index contributed by atoms with van der Waals surface area (Å²) in [5, 5.41) is 2.83. The lowest BCUT2D eigenvalue weighted by Crippen LogP contribution is -2.51. The molecule has 1 saturated heterocycles. The summed E-state index contributed by atoms with van der Waals surface area (Å²) in [7, 11) is 0. The van der Waals surface area contributed by atoms with Crippen molar-refractivity contribution in [3.8, 4) is 5.75 Å². The Bertz CT molecular complexity index is 442. The van der Waals surface area contributed by atoms with Gasteiger partial charge in [-0.2, -0.15) is 0 Å². The van der Waals surface area contributed by atoms with Gasteiger partial charge in [-0.3, -0.25) is 4.79 Å². The molecular weight excluding hydrogens is 244 g/mol. The maximum absolute atomic E-state index is 12.2. The molecule has 104 valence electrons. The first-order chi connectivity index (χ1) is 9.15. The summed E-state index contributed by atoms with van der Waals surface area (Å²) in [6.45, 7) is 3.43. The van der Waals surface area contributed by atoms with Crippen LogP contribution in [-0.2, 0) is 9.53 Å². The first-order valence-corrected chi connectivity index (χ1v) is 6.55. The summed E-state index contributed by atoms with van der Waals surface area (Å²) in [4.78, 5) is 12.2. The molecule has 1 amide bonds. The van der Waals surface area contributed by atoms with Gasteiger partial charge in [0.1, 0.15) is 11.3 Å². The first kappa shape index (κ1) is 13.8. The van der Waals surface area contributed by atoms with E-state index in [0.717, 1.165) is 6.42 Å². The second-order valence-corrected chi connectivity index (χ2v) is 4.76. The normalized spacial score (nSPS) is 22.2. The lowest BCUT2D eigenvalue weighted by molar-refractivity contribution is -0.121. The minimum absolute atomic E-state index is 0.224. The highest BCUT2D eigenvalue weighted by molar-refractivity contribution is 5.99. The van der Waals surface area contributed by atoms with Crippen molar-refractivity contribution in [1.29, 1.82) is 0 Å². The van der Waals surface area contributed by atoms with E-state index < -0.39 is 5.54 Å². The smallest absolute Gasteiger partial charge is 0.247 e. The maximum atomic E-state index is 12.2. The van der Waals surface area contributed by atoms with Gasteiger partial charge in [0.2, 0.25) is 5.91 Å². The van der Waals surface area contributed by atoms with Gasteiger partial charge in [0.25, 0.3) is 0 Å². The van der Waals surface area contributed by atoms with Gasteiger partial charge in [-0.05, 0) is 25.0 Å². The number of nitrogens with one attached hydrogen (secondary N) is 1. The Kier molecular flexibility index (Phi) is 4.39. The van der Waals surface area contributed by atoms with Crippen molar-refractivity contribution in [1.82, 2.24) is 0 Å². The highest BCUT2D eigenvalue weighted by Crippen LogP contribution is 2.26. The molecule has 1 fully saturated rings. The predicted octanol–water partition coefficient (Wildman–Crippen LogP) is 1.53. The van der Waals surface area contributed by atoms with Crippen LogP contribution >= 0.6 is 0 Å². The van der Waals surface area contributed by atoms with Gasteiger partial charge in [0, 0.05) is 6.61 Å². The fraction of sp³-hybridized carbons (Fsp3) is 0.500. The summed E-state index contributed by atoms with van der Waals surface area (Å²) >= 11 is 0. The molecule has 0 spiro atoms. The van der Waals surface area contributed by atoms with Crippen LogP contribution in [0.15, 0.2) is 24.3 Å². The van der Waals surface area contributed by atoms with Crippen molar-refractivity contribution in [2.75, 3.05) is 25.1 Å². The number of para-hydroxylation sites is 2. The number of hydrogen-bond donors (Lipinski definition) is 2. The molecule has 1 unspecified atom stereocenters. The molecular formula is C14H20N2O3. The lowest BCUT2D eigenvalue weighted by atomic mass is 9.99. The largest absolute Gasteiger partial charge is 0.491 e. The van der Waals surface area contributed by atoms with Crippen LogP contribution in [0.5, 0.6) is 5.75 Å². The quantitative estimate of drug-likeness (QED) is 0.846. The van der Waals surface area contributed by atoms with Gasteiger partial charge in [-0.15, -0.1) is 0 Å². The molecule has 1 aliphatic rings.